The summed E-state index contributed by atoms with van der Waals surface area (Å²) in [7, 11) is -0.222. The molecule has 1 amide bonds. The minimum Gasteiger partial charge on any atom is -0.444 e. The molecular formula is C16H19F2N3O4S. The maximum atomic E-state index is 14.2. The number of amides is 1. The number of ether oxygens (including phenoxy) is 1. The number of nitrogens with one attached hydrogen (secondary N) is 1. The maximum Gasteiger partial charge on any atom is 0.414 e. The lowest BCUT2D eigenvalue weighted by molar-refractivity contribution is 0.0559. The van der Waals surface area contributed by atoms with Crippen molar-refractivity contribution in [2.45, 2.75) is 32.4 Å². The number of aliphatic imine (C=N–C) groups is 1. The predicted molar refractivity (Wildman–Crippen MR) is 92.1 cm³/mol. The summed E-state index contributed by atoms with van der Waals surface area (Å²) < 4.78 is 46.4. The molecular weight excluding hydrogens is 368 g/mol. The van der Waals surface area contributed by atoms with E-state index in [2.05, 4.69) is 10.3 Å². The first-order valence-electron chi connectivity index (χ1n) is 7.66. The number of hydrogen-bond donors (Lipinski definition) is 1. The summed E-state index contributed by atoms with van der Waals surface area (Å²) in [5.74, 6) is -2.62. The molecule has 0 bridgehead atoms. The van der Waals surface area contributed by atoms with Gasteiger partial charge in [0.15, 0.2) is 11.6 Å². The largest absolute Gasteiger partial charge is 0.444 e. The zero-order valence-electron chi connectivity index (χ0n) is 14.7. The first-order chi connectivity index (χ1) is 12.0. The standard InChI is InChI=1S/C16H19F2N3O4S/c1-16(2,3)25-15(23)20-14-19-12(8-26(24)21(14)4)10-5-9(7-22)6-11(17)13(10)18/h5-7,12H,8H2,1-4H3,(H,19,20,23). The Morgan fingerprint density at radius 1 is 1.42 bits per heavy atom. The molecule has 0 saturated heterocycles. The molecule has 1 aliphatic rings. The van der Waals surface area contributed by atoms with Crippen molar-refractivity contribution >= 4 is 29.3 Å². The molecule has 1 heterocycles. The highest BCUT2D eigenvalue weighted by atomic mass is 32.2. The first-order valence-corrected chi connectivity index (χ1v) is 8.93. The lowest BCUT2D eigenvalue weighted by Gasteiger charge is -2.29. The molecule has 0 saturated carbocycles. The summed E-state index contributed by atoms with van der Waals surface area (Å²) >= 11 is 0. The fourth-order valence-corrected chi connectivity index (χ4v) is 3.25. The highest BCUT2D eigenvalue weighted by molar-refractivity contribution is 7.83. The number of guanidine groups is 1. The molecule has 0 radical (unpaired) electrons. The van der Waals surface area contributed by atoms with Crippen molar-refractivity contribution in [2.75, 3.05) is 12.8 Å². The average Bonchev–Trinajstić information content (AvgIpc) is 2.52. The number of halogens is 2. The van der Waals surface area contributed by atoms with Gasteiger partial charge in [0.1, 0.15) is 22.9 Å². The third-order valence-corrected chi connectivity index (χ3v) is 4.75. The molecule has 1 aromatic rings. The second-order valence-corrected chi connectivity index (χ2v) is 8.13. The number of aldehydes is 1. The lowest BCUT2D eigenvalue weighted by Crippen LogP contribution is -2.48. The van der Waals surface area contributed by atoms with Crippen LogP contribution < -0.4 is 5.32 Å². The van der Waals surface area contributed by atoms with Crippen LogP contribution >= 0.6 is 0 Å². The quantitative estimate of drug-likeness (QED) is 0.789. The van der Waals surface area contributed by atoms with Crippen LogP contribution in [0.2, 0.25) is 0 Å². The molecule has 0 fully saturated rings. The highest BCUT2D eigenvalue weighted by Gasteiger charge is 2.31. The molecule has 2 rings (SSSR count). The molecule has 1 N–H and O–H groups in total. The van der Waals surface area contributed by atoms with E-state index in [-0.39, 0.29) is 22.8 Å². The van der Waals surface area contributed by atoms with E-state index in [0.29, 0.717) is 6.29 Å². The van der Waals surface area contributed by atoms with Crippen molar-refractivity contribution in [3.05, 3.63) is 34.9 Å². The van der Waals surface area contributed by atoms with E-state index >= 15 is 0 Å². The van der Waals surface area contributed by atoms with Crippen molar-refractivity contribution in [2.24, 2.45) is 4.99 Å². The summed E-state index contributed by atoms with van der Waals surface area (Å²) in [4.78, 5) is 27.0. The number of alkyl carbamates (subject to hydrolysis) is 1. The minimum absolute atomic E-state index is 0.0690. The Balaban J connectivity index is 2.37. The Morgan fingerprint density at radius 3 is 2.65 bits per heavy atom. The van der Waals surface area contributed by atoms with E-state index in [0.717, 1.165) is 12.1 Å². The van der Waals surface area contributed by atoms with Crippen molar-refractivity contribution in [1.82, 2.24) is 9.62 Å². The van der Waals surface area contributed by atoms with Crippen LogP contribution in [0.5, 0.6) is 0 Å². The van der Waals surface area contributed by atoms with Crippen molar-refractivity contribution in [3.8, 4) is 0 Å². The van der Waals surface area contributed by atoms with Crippen molar-refractivity contribution in [3.63, 3.8) is 0 Å². The normalized spacial score (nSPS) is 20.4. The van der Waals surface area contributed by atoms with E-state index in [9.17, 15) is 22.6 Å². The van der Waals surface area contributed by atoms with Crippen LogP contribution in [0.1, 0.15) is 42.7 Å². The molecule has 1 aliphatic heterocycles. The lowest BCUT2D eigenvalue weighted by atomic mass is 10.0. The van der Waals surface area contributed by atoms with E-state index in [1.54, 1.807) is 20.8 Å². The summed E-state index contributed by atoms with van der Waals surface area (Å²) in [5, 5.41) is 2.35. The third kappa shape index (κ3) is 4.63. The van der Waals surface area contributed by atoms with Gasteiger partial charge >= 0.3 is 6.09 Å². The summed E-state index contributed by atoms with van der Waals surface area (Å²) in [5.41, 5.74) is -1.04. The Hall–Kier alpha value is -2.36. The zero-order chi connectivity index (χ0) is 19.6. The molecule has 1 aromatic carbocycles. The van der Waals surface area contributed by atoms with Gasteiger partial charge in [-0.25, -0.2) is 22.8 Å². The van der Waals surface area contributed by atoms with Crippen LogP contribution in [0.25, 0.3) is 0 Å². The van der Waals surface area contributed by atoms with Crippen molar-refractivity contribution < 1.29 is 27.3 Å². The monoisotopic (exact) mass is 387 g/mol. The maximum absolute atomic E-state index is 14.2. The van der Waals surface area contributed by atoms with Crippen LogP contribution in [0.4, 0.5) is 13.6 Å². The number of benzene rings is 1. The summed E-state index contributed by atoms with van der Waals surface area (Å²) in [6, 6.07) is 0.875. The molecule has 0 spiro atoms. The second-order valence-electron chi connectivity index (χ2n) is 6.60. The van der Waals surface area contributed by atoms with Gasteiger partial charge in [0.25, 0.3) is 0 Å². The minimum atomic E-state index is -1.65. The van der Waals surface area contributed by atoms with Crippen LogP contribution in [0.15, 0.2) is 17.1 Å². The smallest absolute Gasteiger partial charge is 0.414 e. The van der Waals surface area contributed by atoms with Gasteiger partial charge in [0.2, 0.25) is 5.96 Å². The van der Waals surface area contributed by atoms with Crippen LogP contribution in [-0.2, 0) is 15.7 Å². The van der Waals surface area contributed by atoms with Crippen LogP contribution in [0, 0.1) is 11.6 Å². The topological polar surface area (TPSA) is 88.1 Å². The summed E-state index contributed by atoms with van der Waals surface area (Å²) in [6.07, 6.45) is -0.448. The molecule has 0 aliphatic carbocycles. The fourth-order valence-electron chi connectivity index (χ4n) is 2.22. The van der Waals surface area contributed by atoms with Gasteiger partial charge in [-0.15, -0.1) is 0 Å². The van der Waals surface area contributed by atoms with Crippen molar-refractivity contribution in [1.29, 1.82) is 0 Å². The molecule has 26 heavy (non-hydrogen) atoms. The third-order valence-electron chi connectivity index (χ3n) is 3.37. The van der Waals surface area contributed by atoms with E-state index in [1.807, 2.05) is 0 Å². The van der Waals surface area contributed by atoms with Crippen LogP contribution in [-0.4, -0.2) is 45.3 Å². The van der Waals surface area contributed by atoms with E-state index in [4.69, 9.17) is 4.74 Å². The Kier molecular flexibility index (Phi) is 5.74. The average molecular weight is 387 g/mol. The number of rotatable bonds is 2. The number of carbonyl (C=O) groups is 2. The van der Waals surface area contributed by atoms with Gasteiger partial charge in [0.05, 0.1) is 11.8 Å². The van der Waals surface area contributed by atoms with Gasteiger partial charge < -0.3 is 4.74 Å². The Bertz CT molecular complexity index is 792. The number of hydrogen-bond acceptors (Lipinski definition) is 5. The molecule has 142 valence electrons. The zero-order valence-corrected chi connectivity index (χ0v) is 15.5. The number of nitrogens with zero attached hydrogens (tertiary/aromatic N) is 2. The SMILES string of the molecule is CN1C(NC(=O)OC(C)(C)C)=NC(c2cc(C=O)cc(F)c2F)CS1=O. The molecule has 2 atom stereocenters. The highest BCUT2D eigenvalue weighted by Crippen LogP contribution is 2.28. The number of carbonyl (C=O) groups excluding carboxylic acids is 2. The van der Waals surface area contributed by atoms with Gasteiger partial charge in [-0.3, -0.25) is 14.4 Å². The molecule has 10 heteroatoms. The molecule has 0 aromatic heterocycles. The predicted octanol–water partition coefficient (Wildman–Crippen LogP) is 2.31. The molecule has 7 nitrogen and oxygen atoms in total. The van der Waals surface area contributed by atoms with E-state index < -0.39 is 40.4 Å². The van der Waals surface area contributed by atoms with Gasteiger partial charge in [-0.1, -0.05) is 0 Å². The first kappa shape index (κ1) is 20.0. The van der Waals surface area contributed by atoms with Gasteiger partial charge in [0, 0.05) is 18.2 Å². The summed E-state index contributed by atoms with van der Waals surface area (Å²) in [6.45, 7) is 5.01. The van der Waals surface area contributed by atoms with Crippen LogP contribution in [0.3, 0.4) is 0 Å². The van der Waals surface area contributed by atoms with Gasteiger partial charge in [-0.2, -0.15) is 0 Å². The Morgan fingerprint density at radius 2 is 2.08 bits per heavy atom. The molecule has 2 unspecified atom stereocenters. The van der Waals surface area contributed by atoms with Gasteiger partial charge in [-0.05, 0) is 32.9 Å². The Labute approximate surface area is 152 Å². The second kappa shape index (κ2) is 7.48. The van der Waals surface area contributed by atoms with E-state index in [1.165, 1.54) is 11.4 Å². The fraction of sp³-hybridized carbons (Fsp3) is 0.438.